The number of halogens is 3. The predicted octanol–water partition coefficient (Wildman–Crippen LogP) is 4.32. The third-order valence-electron chi connectivity index (χ3n) is 5.24. The van der Waals surface area contributed by atoms with Crippen LogP contribution in [0.1, 0.15) is 24.8 Å². The molecule has 10 heteroatoms. The van der Waals surface area contributed by atoms with E-state index in [-0.39, 0.29) is 16.5 Å². The average molecular weight is 456 g/mol. The fourth-order valence-electron chi connectivity index (χ4n) is 3.52. The van der Waals surface area contributed by atoms with Gasteiger partial charge in [-0.3, -0.25) is 0 Å². The van der Waals surface area contributed by atoms with Crippen LogP contribution in [0.4, 0.5) is 23.7 Å². The number of nitrogens with one attached hydrogen (secondary N) is 2. The van der Waals surface area contributed by atoms with Crippen molar-refractivity contribution in [2.75, 3.05) is 25.0 Å². The van der Waals surface area contributed by atoms with Crippen molar-refractivity contribution < 1.29 is 26.4 Å². The summed E-state index contributed by atoms with van der Waals surface area (Å²) in [6.45, 7) is 1.18. The molecule has 2 N–H and O–H groups in total. The number of benzene rings is 2. The molecule has 1 saturated heterocycles. The molecule has 0 radical (unpaired) electrons. The number of nitrogens with zero attached hydrogens (tertiary/aromatic N) is 1. The number of rotatable bonds is 6. The third-order valence-corrected chi connectivity index (χ3v) is 7.15. The minimum absolute atomic E-state index is 0.0618. The van der Waals surface area contributed by atoms with Crippen LogP contribution in [-0.2, 0) is 16.2 Å². The number of piperidine rings is 1. The Morgan fingerprint density at radius 2 is 1.71 bits per heavy atom. The van der Waals surface area contributed by atoms with Crippen molar-refractivity contribution in [3.8, 4) is 0 Å². The molecule has 1 heterocycles. The Morgan fingerprint density at radius 3 is 2.35 bits per heavy atom. The van der Waals surface area contributed by atoms with Crippen molar-refractivity contribution in [2.24, 2.45) is 5.92 Å². The van der Waals surface area contributed by atoms with Crippen molar-refractivity contribution in [3.63, 3.8) is 0 Å². The van der Waals surface area contributed by atoms with Crippen LogP contribution in [0, 0.1) is 5.92 Å². The van der Waals surface area contributed by atoms with Gasteiger partial charge in [-0.05, 0) is 55.5 Å². The summed E-state index contributed by atoms with van der Waals surface area (Å²) in [4.78, 5) is 12.2. The van der Waals surface area contributed by atoms with Crippen LogP contribution in [0.3, 0.4) is 0 Å². The summed E-state index contributed by atoms with van der Waals surface area (Å²) in [6, 6.07) is 12.2. The molecule has 3 rings (SSSR count). The van der Waals surface area contributed by atoms with Gasteiger partial charge in [0, 0.05) is 25.3 Å². The van der Waals surface area contributed by atoms with Gasteiger partial charge in [-0.25, -0.2) is 13.2 Å². The number of carbonyl (C=O) groups is 1. The molecule has 1 aliphatic rings. The zero-order chi connectivity index (χ0) is 22.5. The summed E-state index contributed by atoms with van der Waals surface area (Å²) in [5.74, 6) is 0.260. The molecule has 31 heavy (non-hydrogen) atoms. The molecule has 2 aromatic carbocycles. The monoisotopic (exact) mass is 455 g/mol. The van der Waals surface area contributed by atoms with Crippen LogP contribution in [-0.4, -0.2) is 38.4 Å². The molecular formula is C21H24F3N3O3S. The van der Waals surface area contributed by atoms with Gasteiger partial charge in [0.25, 0.3) is 0 Å². The zero-order valence-corrected chi connectivity index (χ0v) is 17.5. The lowest BCUT2D eigenvalue weighted by atomic mass is 9.95. The first-order valence-electron chi connectivity index (χ1n) is 9.93. The molecule has 0 saturated carbocycles. The first-order valence-corrected chi connectivity index (χ1v) is 11.4. The maximum atomic E-state index is 12.7. The highest BCUT2D eigenvalue weighted by Crippen LogP contribution is 2.30. The van der Waals surface area contributed by atoms with Gasteiger partial charge in [0.1, 0.15) is 0 Å². The Bertz CT molecular complexity index is 990. The summed E-state index contributed by atoms with van der Waals surface area (Å²) < 4.78 is 65.0. The molecule has 2 amide bonds. The number of alkyl halides is 3. The van der Waals surface area contributed by atoms with E-state index in [0.29, 0.717) is 38.9 Å². The number of hydrogen-bond acceptors (Lipinski definition) is 3. The highest BCUT2D eigenvalue weighted by molar-refractivity contribution is 7.89. The predicted molar refractivity (Wildman–Crippen MR) is 111 cm³/mol. The standard InChI is InChI=1S/C21H24F3N3O3S/c22-21(23,24)17-5-4-6-18(15-17)26-20(28)25-12-9-16-10-13-27(14-11-16)31(29,30)19-7-2-1-3-8-19/h1-8,15-16H,9-14H2,(H2,25,26,28). The van der Waals surface area contributed by atoms with E-state index in [1.54, 1.807) is 30.3 Å². The molecule has 2 aromatic rings. The van der Waals surface area contributed by atoms with E-state index in [2.05, 4.69) is 10.6 Å². The van der Waals surface area contributed by atoms with E-state index in [9.17, 15) is 26.4 Å². The number of anilines is 1. The second-order valence-electron chi connectivity index (χ2n) is 7.41. The Hall–Kier alpha value is -2.59. The van der Waals surface area contributed by atoms with Crippen LogP contribution in [0.2, 0.25) is 0 Å². The van der Waals surface area contributed by atoms with E-state index in [1.807, 2.05) is 0 Å². The lowest BCUT2D eigenvalue weighted by Crippen LogP contribution is -2.39. The SMILES string of the molecule is O=C(NCCC1CCN(S(=O)(=O)c2ccccc2)CC1)Nc1cccc(C(F)(F)F)c1. The molecule has 1 fully saturated rings. The van der Waals surface area contributed by atoms with Gasteiger partial charge in [0.05, 0.1) is 10.5 Å². The van der Waals surface area contributed by atoms with Gasteiger partial charge >= 0.3 is 12.2 Å². The summed E-state index contributed by atoms with van der Waals surface area (Å²) >= 11 is 0. The zero-order valence-electron chi connectivity index (χ0n) is 16.7. The highest BCUT2D eigenvalue weighted by atomic mass is 32.2. The summed E-state index contributed by atoms with van der Waals surface area (Å²) in [7, 11) is -3.49. The number of urea groups is 1. The minimum Gasteiger partial charge on any atom is -0.338 e. The second-order valence-corrected chi connectivity index (χ2v) is 9.35. The van der Waals surface area contributed by atoms with Crippen LogP contribution in [0.25, 0.3) is 0 Å². The van der Waals surface area contributed by atoms with Crippen LogP contribution >= 0.6 is 0 Å². The number of amides is 2. The molecule has 0 aromatic heterocycles. The molecule has 6 nitrogen and oxygen atoms in total. The van der Waals surface area contributed by atoms with Gasteiger partial charge in [-0.15, -0.1) is 0 Å². The maximum Gasteiger partial charge on any atom is 0.416 e. The molecule has 0 aliphatic carbocycles. The fourth-order valence-corrected chi connectivity index (χ4v) is 5.01. The van der Waals surface area contributed by atoms with Crippen molar-refractivity contribution in [1.82, 2.24) is 9.62 Å². The molecule has 0 atom stereocenters. The average Bonchev–Trinajstić information content (AvgIpc) is 2.74. The molecular weight excluding hydrogens is 431 g/mol. The van der Waals surface area contributed by atoms with Crippen molar-refractivity contribution >= 4 is 21.7 Å². The second kappa shape index (κ2) is 9.69. The Morgan fingerprint density at radius 1 is 1.03 bits per heavy atom. The first-order chi connectivity index (χ1) is 14.7. The van der Waals surface area contributed by atoms with Crippen LogP contribution in [0.5, 0.6) is 0 Å². The normalized spacial score (nSPS) is 16.1. The smallest absolute Gasteiger partial charge is 0.338 e. The Labute approximate surface area is 179 Å². The number of carbonyl (C=O) groups excluding carboxylic acids is 1. The van der Waals surface area contributed by atoms with Gasteiger partial charge in [0.2, 0.25) is 10.0 Å². The van der Waals surface area contributed by atoms with Crippen molar-refractivity contribution in [2.45, 2.75) is 30.3 Å². The van der Waals surface area contributed by atoms with Crippen molar-refractivity contribution in [1.29, 1.82) is 0 Å². The number of hydrogen-bond donors (Lipinski definition) is 2. The Kier molecular flexibility index (Phi) is 7.22. The number of sulfonamides is 1. The topological polar surface area (TPSA) is 78.5 Å². The molecule has 168 valence electrons. The van der Waals surface area contributed by atoms with Crippen LogP contribution in [0.15, 0.2) is 59.5 Å². The highest BCUT2D eigenvalue weighted by Gasteiger charge is 2.31. The third kappa shape index (κ3) is 6.20. The van der Waals surface area contributed by atoms with Gasteiger partial charge < -0.3 is 10.6 Å². The lowest BCUT2D eigenvalue weighted by Gasteiger charge is -2.31. The molecule has 1 aliphatic heterocycles. The minimum atomic E-state index is -4.48. The fraction of sp³-hybridized carbons (Fsp3) is 0.381. The summed E-state index contributed by atoms with van der Waals surface area (Å²) in [5, 5.41) is 5.04. The summed E-state index contributed by atoms with van der Waals surface area (Å²) in [6.07, 6.45) is -2.45. The van der Waals surface area contributed by atoms with Crippen molar-refractivity contribution in [3.05, 3.63) is 60.2 Å². The first kappa shape index (κ1) is 23.1. The van der Waals surface area contributed by atoms with E-state index in [1.165, 1.54) is 16.4 Å². The quantitative estimate of drug-likeness (QED) is 0.681. The van der Waals surface area contributed by atoms with Gasteiger partial charge in [0.15, 0.2) is 0 Å². The largest absolute Gasteiger partial charge is 0.416 e. The van der Waals surface area contributed by atoms with E-state index >= 15 is 0 Å². The van der Waals surface area contributed by atoms with Gasteiger partial charge in [-0.2, -0.15) is 17.5 Å². The van der Waals surface area contributed by atoms with E-state index in [4.69, 9.17) is 0 Å². The Balaban J connectivity index is 1.42. The molecule has 0 spiro atoms. The molecule has 0 unspecified atom stereocenters. The summed E-state index contributed by atoms with van der Waals surface area (Å²) in [5.41, 5.74) is -0.769. The maximum absolute atomic E-state index is 12.7. The van der Waals surface area contributed by atoms with E-state index in [0.717, 1.165) is 12.1 Å². The van der Waals surface area contributed by atoms with E-state index < -0.39 is 27.8 Å². The van der Waals surface area contributed by atoms with Gasteiger partial charge in [-0.1, -0.05) is 24.3 Å². The lowest BCUT2D eigenvalue weighted by molar-refractivity contribution is -0.137. The van der Waals surface area contributed by atoms with Crippen LogP contribution < -0.4 is 10.6 Å². The molecule has 0 bridgehead atoms.